The van der Waals surface area contributed by atoms with Crippen LogP contribution < -0.4 is 10.1 Å². The average Bonchev–Trinajstić information content (AvgIpc) is 3.13. The summed E-state index contributed by atoms with van der Waals surface area (Å²) in [5.41, 5.74) is 4.16. The zero-order valence-electron chi connectivity index (χ0n) is 15.1. The number of fused-ring (bicyclic) bond motifs is 1. The van der Waals surface area contributed by atoms with Gasteiger partial charge in [-0.15, -0.1) is 0 Å². The summed E-state index contributed by atoms with van der Waals surface area (Å²) in [5.74, 6) is 0.404. The smallest absolute Gasteiger partial charge is 0.220 e. The molecule has 0 spiro atoms. The highest BCUT2D eigenvalue weighted by Crippen LogP contribution is 2.23. The summed E-state index contributed by atoms with van der Waals surface area (Å²) in [6.45, 7) is 2.75. The van der Waals surface area contributed by atoms with Gasteiger partial charge in [-0.05, 0) is 49.4 Å². The zero-order chi connectivity index (χ0) is 18.4. The number of hydrogen-bond acceptors (Lipinski definition) is 4. The minimum Gasteiger partial charge on any atom is -0.478 e. The molecular formula is C21H24N2O3. The van der Waals surface area contributed by atoms with Crippen LogP contribution in [-0.2, 0) is 24.2 Å². The Bertz CT molecular complexity index is 802. The molecule has 136 valence electrons. The van der Waals surface area contributed by atoms with Crippen molar-refractivity contribution in [3.05, 3.63) is 58.8 Å². The molecule has 1 amide bonds. The number of pyridine rings is 1. The average molecular weight is 352 g/mol. The summed E-state index contributed by atoms with van der Waals surface area (Å²) in [5, 5.41) is 2.84. The van der Waals surface area contributed by atoms with Crippen molar-refractivity contribution in [2.24, 2.45) is 0 Å². The van der Waals surface area contributed by atoms with Crippen molar-refractivity contribution < 1.29 is 14.3 Å². The van der Waals surface area contributed by atoms with E-state index in [4.69, 9.17) is 4.74 Å². The Balaban J connectivity index is 1.49. The first-order chi connectivity index (χ1) is 12.7. The Hall–Kier alpha value is -2.69. The van der Waals surface area contributed by atoms with Crippen molar-refractivity contribution in [3.63, 3.8) is 0 Å². The standard InChI is InChI=1S/C21H24N2O3/c1-2-26-21-18(7-4-12-22-21)14-23-20(25)11-10-19(24)17-9-8-15-5-3-6-16(15)13-17/h4,7-9,12-13H,2-3,5-6,10-11,14H2,1H3,(H,23,25). The van der Waals surface area contributed by atoms with Gasteiger partial charge in [-0.3, -0.25) is 9.59 Å². The maximum Gasteiger partial charge on any atom is 0.220 e. The Kier molecular flexibility index (Phi) is 6.00. The van der Waals surface area contributed by atoms with Crippen molar-refractivity contribution >= 4 is 11.7 Å². The number of rotatable bonds is 8. The molecule has 0 bridgehead atoms. The number of ketones is 1. The Morgan fingerprint density at radius 3 is 2.85 bits per heavy atom. The Morgan fingerprint density at radius 2 is 2.00 bits per heavy atom. The lowest BCUT2D eigenvalue weighted by molar-refractivity contribution is -0.121. The molecule has 5 nitrogen and oxygen atoms in total. The van der Waals surface area contributed by atoms with Gasteiger partial charge < -0.3 is 10.1 Å². The molecule has 0 saturated heterocycles. The maximum atomic E-state index is 12.4. The molecule has 1 heterocycles. The summed E-state index contributed by atoms with van der Waals surface area (Å²) < 4.78 is 5.45. The first-order valence-electron chi connectivity index (χ1n) is 9.15. The van der Waals surface area contributed by atoms with E-state index in [2.05, 4.69) is 10.3 Å². The van der Waals surface area contributed by atoms with Crippen molar-refractivity contribution in [3.8, 4) is 5.88 Å². The number of carbonyl (C=O) groups is 2. The molecule has 1 aromatic heterocycles. The molecule has 1 aliphatic carbocycles. The number of amides is 1. The third kappa shape index (κ3) is 4.48. The number of nitrogens with zero attached hydrogens (tertiary/aromatic N) is 1. The normalized spacial score (nSPS) is 12.5. The third-order valence-electron chi connectivity index (χ3n) is 4.61. The molecule has 1 aliphatic rings. The van der Waals surface area contributed by atoms with Gasteiger partial charge in [0.2, 0.25) is 11.8 Å². The van der Waals surface area contributed by atoms with E-state index >= 15 is 0 Å². The summed E-state index contributed by atoms with van der Waals surface area (Å²) in [6.07, 6.45) is 5.36. The van der Waals surface area contributed by atoms with Crippen LogP contribution in [-0.4, -0.2) is 23.3 Å². The lowest BCUT2D eigenvalue weighted by atomic mass is 10.0. The van der Waals surface area contributed by atoms with Gasteiger partial charge in [0.25, 0.3) is 0 Å². The predicted molar refractivity (Wildman–Crippen MR) is 99.3 cm³/mol. The van der Waals surface area contributed by atoms with Gasteiger partial charge in [-0.2, -0.15) is 0 Å². The summed E-state index contributed by atoms with van der Waals surface area (Å²) in [7, 11) is 0. The molecule has 0 saturated carbocycles. The maximum absolute atomic E-state index is 12.4. The van der Waals surface area contributed by atoms with Gasteiger partial charge in [0.1, 0.15) is 0 Å². The largest absolute Gasteiger partial charge is 0.478 e. The third-order valence-corrected chi connectivity index (χ3v) is 4.61. The highest BCUT2D eigenvalue weighted by Gasteiger charge is 2.15. The van der Waals surface area contributed by atoms with Crippen LogP contribution in [0.15, 0.2) is 36.5 Å². The molecular weight excluding hydrogens is 328 g/mol. The lowest BCUT2D eigenvalue weighted by Gasteiger charge is -2.10. The van der Waals surface area contributed by atoms with Crippen molar-refractivity contribution in [1.29, 1.82) is 0 Å². The minimum absolute atomic E-state index is 0.0197. The predicted octanol–water partition coefficient (Wildman–Crippen LogP) is 3.25. The van der Waals surface area contributed by atoms with Crippen molar-refractivity contribution in [2.75, 3.05) is 6.61 Å². The lowest BCUT2D eigenvalue weighted by Crippen LogP contribution is -2.23. The summed E-state index contributed by atoms with van der Waals surface area (Å²) in [6, 6.07) is 9.60. The molecule has 0 fully saturated rings. The Labute approximate surface area is 153 Å². The van der Waals surface area contributed by atoms with E-state index in [1.54, 1.807) is 12.3 Å². The first-order valence-corrected chi connectivity index (χ1v) is 9.15. The number of ether oxygens (including phenoxy) is 1. The second kappa shape index (κ2) is 8.61. The topological polar surface area (TPSA) is 68.3 Å². The van der Waals surface area contributed by atoms with Crippen LogP contribution in [0.3, 0.4) is 0 Å². The van der Waals surface area contributed by atoms with Crippen molar-refractivity contribution in [2.45, 2.75) is 45.6 Å². The van der Waals surface area contributed by atoms with Crippen LogP contribution >= 0.6 is 0 Å². The van der Waals surface area contributed by atoms with E-state index in [-0.39, 0.29) is 24.5 Å². The monoisotopic (exact) mass is 352 g/mol. The van der Waals surface area contributed by atoms with E-state index in [1.807, 2.05) is 31.2 Å². The highest BCUT2D eigenvalue weighted by molar-refractivity contribution is 5.98. The molecule has 2 aromatic rings. The molecule has 5 heteroatoms. The van der Waals surface area contributed by atoms with Crippen LogP contribution in [0, 0.1) is 0 Å². The molecule has 26 heavy (non-hydrogen) atoms. The zero-order valence-corrected chi connectivity index (χ0v) is 15.1. The molecule has 1 aromatic carbocycles. The molecule has 0 unspecified atom stereocenters. The van der Waals surface area contributed by atoms with Gasteiger partial charge in [0.05, 0.1) is 6.61 Å². The number of carbonyl (C=O) groups excluding carboxylic acids is 2. The number of aromatic nitrogens is 1. The molecule has 0 aliphatic heterocycles. The fourth-order valence-electron chi connectivity index (χ4n) is 3.22. The number of Topliss-reactive ketones (excluding diaryl/α,β-unsaturated/α-hetero) is 1. The molecule has 1 N–H and O–H groups in total. The Morgan fingerprint density at radius 1 is 1.15 bits per heavy atom. The van der Waals surface area contributed by atoms with Crippen molar-refractivity contribution in [1.82, 2.24) is 10.3 Å². The summed E-state index contributed by atoms with van der Waals surface area (Å²) in [4.78, 5) is 28.6. The highest BCUT2D eigenvalue weighted by atomic mass is 16.5. The van der Waals surface area contributed by atoms with Crippen LogP contribution in [0.5, 0.6) is 5.88 Å². The minimum atomic E-state index is -0.147. The fraction of sp³-hybridized carbons (Fsp3) is 0.381. The van der Waals surface area contributed by atoms with E-state index in [9.17, 15) is 9.59 Å². The second-order valence-electron chi connectivity index (χ2n) is 6.44. The fourth-order valence-corrected chi connectivity index (χ4v) is 3.22. The second-order valence-corrected chi connectivity index (χ2v) is 6.44. The number of nitrogens with one attached hydrogen (secondary N) is 1. The van der Waals surface area contributed by atoms with Crippen LogP contribution in [0.25, 0.3) is 0 Å². The van der Waals surface area contributed by atoms with Gasteiger partial charge in [0.15, 0.2) is 5.78 Å². The van der Waals surface area contributed by atoms with Gasteiger partial charge >= 0.3 is 0 Å². The molecule has 0 radical (unpaired) electrons. The quantitative estimate of drug-likeness (QED) is 0.741. The molecule has 0 atom stereocenters. The van der Waals surface area contributed by atoms with E-state index in [1.165, 1.54) is 11.1 Å². The van der Waals surface area contributed by atoms with Gasteiger partial charge in [-0.1, -0.05) is 18.2 Å². The number of benzene rings is 1. The van der Waals surface area contributed by atoms with E-state index in [0.29, 0.717) is 24.6 Å². The van der Waals surface area contributed by atoms with Crippen LogP contribution in [0.4, 0.5) is 0 Å². The summed E-state index contributed by atoms with van der Waals surface area (Å²) >= 11 is 0. The van der Waals surface area contributed by atoms with Crippen LogP contribution in [0.2, 0.25) is 0 Å². The number of aryl methyl sites for hydroxylation is 2. The number of hydrogen-bond donors (Lipinski definition) is 1. The van der Waals surface area contributed by atoms with Gasteiger partial charge in [0, 0.05) is 36.7 Å². The van der Waals surface area contributed by atoms with E-state index < -0.39 is 0 Å². The van der Waals surface area contributed by atoms with E-state index in [0.717, 1.165) is 24.8 Å². The van der Waals surface area contributed by atoms with Crippen LogP contribution in [0.1, 0.15) is 53.2 Å². The van der Waals surface area contributed by atoms with Gasteiger partial charge in [-0.25, -0.2) is 4.98 Å². The molecule has 3 rings (SSSR count). The first kappa shape index (κ1) is 18.1. The SMILES string of the molecule is CCOc1ncccc1CNC(=O)CCC(=O)c1ccc2c(c1)CCC2.